The SMILES string of the molecule is CN(C)C(=O)CN=C(NC1CC=CC1)NC1CCOc2ccccc21. The molecule has 1 atom stereocenters. The Morgan fingerprint density at radius 2 is 2.00 bits per heavy atom. The molecular formula is C19H26N4O2. The van der Waals surface area contributed by atoms with Gasteiger partial charge in [0, 0.05) is 32.1 Å². The van der Waals surface area contributed by atoms with Gasteiger partial charge in [-0.25, -0.2) is 4.99 Å². The van der Waals surface area contributed by atoms with Crippen LogP contribution in [0.15, 0.2) is 41.4 Å². The Morgan fingerprint density at radius 1 is 1.24 bits per heavy atom. The van der Waals surface area contributed by atoms with E-state index in [1.807, 2.05) is 18.2 Å². The number of nitrogens with one attached hydrogen (secondary N) is 2. The average Bonchev–Trinajstić information content (AvgIpc) is 3.12. The molecule has 0 bridgehead atoms. The molecule has 0 aromatic heterocycles. The van der Waals surface area contributed by atoms with Crippen LogP contribution < -0.4 is 15.4 Å². The molecule has 1 aromatic rings. The van der Waals surface area contributed by atoms with Gasteiger partial charge in [0.05, 0.1) is 12.6 Å². The van der Waals surface area contributed by atoms with E-state index in [9.17, 15) is 4.79 Å². The Morgan fingerprint density at radius 3 is 2.76 bits per heavy atom. The third-order valence-electron chi connectivity index (χ3n) is 4.49. The van der Waals surface area contributed by atoms with Crippen LogP contribution in [-0.2, 0) is 4.79 Å². The van der Waals surface area contributed by atoms with Crippen molar-refractivity contribution in [2.24, 2.45) is 4.99 Å². The molecule has 1 aromatic carbocycles. The van der Waals surface area contributed by atoms with Crippen LogP contribution in [0.1, 0.15) is 30.9 Å². The van der Waals surface area contributed by atoms with Crippen molar-refractivity contribution in [3.63, 3.8) is 0 Å². The minimum atomic E-state index is -0.0157. The van der Waals surface area contributed by atoms with E-state index in [0.717, 1.165) is 30.6 Å². The summed E-state index contributed by atoms with van der Waals surface area (Å²) < 4.78 is 5.73. The van der Waals surface area contributed by atoms with E-state index >= 15 is 0 Å². The van der Waals surface area contributed by atoms with Gasteiger partial charge in [-0.3, -0.25) is 4.79 Å². The van der Waals surface area contributed by atoms with Gasteiger partial charge in [0.25, 0.3) is 0 Å². The summed E-state index contributed by atoms with van der Waals surface area (Å²) in [5.74, 6) is 1.58. The van der Waals surface area contributed by atoms with Crippen LogP contribution in [0.5, 0.6) is 5.75 Å². The van der Waals surface area contributed by atoms with Crippen LogP contribution in [0.3, 0.4) is 0 Å². The highest BCUT2D eigenvalue weighted by Crippen LogP contribution is 2.31. The lowest BCUT2D eigenvalue weighted by Crippen LogP contribution is -2.45. The molecule has 134 valence electrons. The lowest BCUT2D eigenvalue weighted by Gasteiger charge is -2.29. The number of hydrogen-bond acceptors (Lipinski definition) is 3. The molecule has 3 rings (SSSR count). The number of nitrogens with zero attached hydrogens (tertiary/aromatic N) is 2. The van der Waals surface area contributed by atoms with E-state index in [4.69, 9.17) is 4.74 Å². The normalized spacial score (nSPS) is 19.9. The van der Waals surface area contributed by atoms with Gasteiger partial charge in [-0.2, -0.15) is 0 Å². The smallest absolute Gasteiger partial charge is 0.243 e. The van der Waals surface area contributed by atoms with E-state index in [1.54, 1.807) is 19.0 Å². The van der Waals surface area contributed by atoms with Crippen molar-refractivity contribution in [2.45, 2.75) is 31.3 Å². The van der Waals surface area contributed by atoms with Gasteiger partial charge in [0.1, 0.15) is 12.3 Å². The Bertz CT molecular complexity index is 661. The molecule has 0 saturated heterocycles. The van der Waals surface area contributed by atoms with Crippen LogP contribution >= 0.6 is 0 Å². The molecule has 1 heterocycles. The van der Waals surface area contributed by atoms with E-state index in [1.165, 1.54) is 0 Å². The second-order valence-corrected chi connectivity index (χ2v) is 6.61. The number of aliphatic imine (C=N–C) groups is 1. The van der Waals surface area contributed by atoms with Gasteiger partial charge in [-0.15, -0.1) is 0 Å². The van der Waals surface area contributed by atoms with Gasteiger partial charge in [0.2, 0.25) is 5.91 Å². The maximum absolute atomic E-state index is 11.9. The first-order chi connectivity index (χ1) is 12.1. The van der Waals surface area contributed by atoms with E-state index in [0.29, 0.717) is 18.6 Å². The van der Waals surface area contributed by atoms with E-state index in [2.05, 4.69) is 33.8 Å². The van der Waals surface area contributed by atoms with Gasteiger partial charge in [0.15, 0.2) is 5.96 Å². The average molecular weight is 342 g/mol. The summed E-state index contributed by atoms with van der Waals surface area (Å²) in [5, 5.41) is 6.95. The Labute approximate surface area is 149 Å². The molecule has 0 saturated carbocycles. The number of carbonyl (C=O) groups is 1. The summed E-state index contributed by atoms with van der Waals surface area (Å²) in [7, 11) is 3.49. The summed E-state index contributed by atoms with van der Waals surface area (Å²) >= 11 is 0. The van der Waals surface area contributed by atoms with Crippen molar-refractivity contribution in [2.75, 3.05) is 27.2 Å². The minimum absolute atomic E-state index is 0.0157. The van der Waals surface area contributed by atoms with Crippen LogP contribution in [0.2, 0.25) is 0 Å². The fourth-order valence-corrected chi connectivity index (χ4v) is 3.01. The second kappa shape index (κ2) is 8.05. The van der Waals surface area contributed by atoms with Crippen molar-refractivity contribution < 1.29 is 9.53 Å². The molecule has 6 nitrogen and oxygen atoms in total. The molecule has 2 N–H and O–H groups in total. The van der Waals surface area contributed by atoms with Crippen molar-refractivity contribution in [3.05, 3.63) is 42.0 Å². The number of para-hydroxylation sites is 1. The number of carbonyl (C=O) groups excluding carboxylic acids is 1. The monoisotopic (exact) mass is 342 g/mol. The van der Waals surface area contributed by atoms with E-state index in [-0.39, 0.29) is 18.5 Å². The zero-order valence-corrected chi connectivity index (χ0v) is 14.9. The first-order valence-electron chi connectivity index (χ1n) is 8.78. The fraction of sp³-hybridized carbons (Fsp3) is 0.474. The highest BCUT2D eigenvalue weighted by Gasteiger charge is 2.23. The second-order valence-electron chi connectivity index (χ2n) is 6.61. The van der Waals surface area contributed by atoms with Crippen molar-refractivity contribution in [3.8, 4) is 5.75 Å². The van der Waals surface area contributed by atoms with Gasteiger partial charge < -0.3 is 20.3 Å². The van der Waals surface area contributed by atoms with Crippen molar-refractivity contribution >= 4 is 11.9 Å². The summed E-state index contributed by atoms with van der Waals surface area (Å²) in [4.78, 5) is 18.0. The molecular weight excluding hydrogens is 316 g/mol. The van der Waals surface area contributed by atoms with Crippen LogP contribution in [0.4, 0.5) is 0 Å². The largest absolute Gasteiger partial charge is 0.493 e. The lowest BCUT2D eigenvalue weighted by molar-refractivity contribution is -0.127. The molecule has 25 heavy (non-hydrogen) atoms. The predicted molar refractivity (Wildman–Crippen MR) is 98.7 cm³/mol. The highest BCUT2D eigenvalue weighted by molar-refractivity contribution is 5.85. The number of amides is 1. The molecule has 6 heteroatoms. The quantitative estimate of drug-likeness (QED) is 0.498. The Balaban J connectivity index is 1.73. The topological polar surface area (TPSA) is 66.0 Å². The fourth-order valence-electron chi connectivity index (χ4n) is 3.01. The number of benzene rings is 1. The number of hydrogen-bond donors (Lipinski definition) is 2. The third-order valence-corrected chi connectivity index (χ3v) is 4.49. The standard InChI is InChI=1S/C19H26N4O2/c1-23(2)18(24)13-20-19(21-14-7-3-4-8-14)22-16-11-12-25-17-10-6-5-9-15(16)17/h3-6,9-10,14,16H,7-8,11-13H2,1-2H3,(H2,20,21,22). The van der Waals surface area contributed by atoms with Crippen LogP contribution in [-0.4, -0.2) is 50.1 Å². The molecule has 0 fully saturated rings. The summed E-state index contributed by atoms with van der Waals surface area (Å²) in [6, 6.07) is 8.52. The summed E-state index contributed by atoms with van der Waals surface area (Å²) in [6.07, 6.45) is 7.16. The zero-order valence-electron chi connectivity index (χ0n) is 14.9. The Hall–Kier alpha value is -2.50. The van der Waals surface area contributed by atoms with Crippen LogP contribution in [0, 0.1) is 0 Å². The number of ether oxygens (including phenoxy) is 1. The van der Waals surface area contributed by atoms with E-state index < -0.39 is 0 Å². The molecule has 1 aliphatic heterocycles. The predicted octanol–water partition coefficient (Wildman–Crippen LogP) is 1.85. The molecule has 0 spiro atoms. The molecule has 1 amide bonds. The third kappa shape index (κ3) is 4.53. The molecule has 0 radical (unpaired) electrons. The number of fused-ring (bicyclic) bond motifs is 1. The number of guanidine groups is 1. The maximum Gasteiger partial charge on any atom is 0.243 e. The molecule has 1 aliphatic carbocycles. The van der Waals surface area contributed by atoms with Gasteiger partial charge >= 0.3 is 0 Å². The maximum atomic E-state index is 11.9. The lowest BCUT2D eigenvalue weighted by atomic mass is 10.0. The summed E-state index contributed by atoms with van der Waals surface area (Å²) in [5.41, 5.74) is 1.13. The minimum Gasteiger partial charge on any atom is -0.493 e. The zero-order chi connectivity index (χ0) is 17.6. The highest BCUT2D eigenvalue weighted by atomic mass is 16.5. The van der Waals surface area contributed by atoms with Gasteiger partial charge in [-0.1, -0.05) is 30.4 Å². The van der Waals surface area contributed by atoms with Gasteiger partial charge in [-0.05, 0) is 18.9 Å². The van der Waals surface area contributed by atoms with Crippen molar-refractivity contribution in [1.29, 1.82) is 0 Å². The first-order valence-corrected chi connectivity index (χ1v) is 8.78. The number of likely N-dealkylation sites (N-methyl/N-ethyl adjacent to an activating group) is 1. The number of rotatable bonds is 4. The Kier molecular flexibility index (Phi) is 5.58. The van der Waals surface area contributed by atoms with Crippen LogP contribution in [0.25, 0.3) is 0 Å². The first kappa shape index (κ1) is 17.3. The molecule has 1 unspecified atom stereocenters. The summed E-state index contributed by atoms with van der Waals surface area (Å²) in [6.45, 7) is 0.803. The van der Waals surface area contributed by atoms with Crippen molar-refractivity contribution in [1.82, 2.24) is 15.5 Å². The molecule has 2 aliphatic rings.